The molecule has 1 aliphatic heterocycles. The Hall–Kier alpha value is -2.80. The van der Waals surface area contributed by atoms with Crippen LogP contribution in [-0.2, 0) is 23.4 Å². The van der Waals surface area contributed by atoms with Crippen molar-refractivity contribution in [1.82, 2.24) is 14.6 Å². The van der Waals surface area contributed by atoms with Gasteiger partial charge in [-0.15, -0.1) is 0 Å². The second kappa shape index (κ2) is 11.7. The molecular weight excluding hydrogens is 505 g/mol. The first-order valence-corrected chi connectivity index (χ1v) is 13.3. The predicted octanol–water partition coefficient (Wildman–Crippen LogP) is 1.18. The van der Waals surface area contributed by atoms with E-state index in [1.54, 1.807) is 30.3 Å². The van der Waals surface area contributed by atoms with Crippen LogP contribution in [0.3, 0.4) is 0 Å². The molecule has 0 radical (unpaired) electrons. The number of aliphatic hydroxyl groups excluding tert-OH is 1. The fraction of sp³-hybridized carbons (Fsp3) is 0.522. The molecule has 13 nitrogen and oxygen atoms in total. The topological polar surface area (TPSA) is 190 Å². The van der Waals surface area contributed by atoms with Crippen LogP contribution in [0.4, 0.5) is 5.82 Å². The number of nitrogens with two attached hydrogens (primary N) is 2. The van der Waals surface area contributed by atoms with Crippen LogP contribution in [0, 0.1) is 5.92 Å². The van der Waals surface area contributed by atoms with Gasteiger partial charge in [-0.25, -0.2) is 9.36 Å². The minimum Gasteiger partial charge on any atom is -0.464 e. The minimum absolute atomic E-state index is 0.0181. The quantitative estimate of drug-likeness (QED) is 0.236. The number of hydrogen-bond acceptors (Lipinski definition) is 11. The number of nitrogens with zero attached hydrogens (tertiary/aromatic N) is 2. The average molecular weight is 540 g/mol. The maximum atomic E-state index is 13.7. The molecule has 1 aliphatic rings. The predicted molar refractivity (Wildman–Crippen MR) is 134 cm³/mol. The summed E-state index contributed by atoms with van der Waals surface area (Å²) in [5.41, 5.74) is 9.70. The van der Waals surface area contributed by atoms with Crippen molar-refractivity contribution < 1.29 is 33.0 Å². The van der Waals surface area contributed by atoms with Gasteiger partial charge in [-0.05, 0) is 38.0 Å². The highest BCUT2D eigenvalue weighted by Crippen LogP contribution is 2.46. The zero-order valence-electron chi connectivity index (χ0n) is 21.1. The maximum absolute atomic E-state index is 13.7. The Bertz CT molecular complexity index is 1180. The molecule has 37 heavy (non-hydrogen) atoms. The third-order valence-electron chi connectivity index (χ3n) is 5.57. The first-order chi connectivity index (χ1) is 17.3. The fourth-order valence-electron chi connectivity index (χ4n) is 3.58. The zero-order valence-corrected chi connectivity index (χ0v) is 22.0. The Morgan fingerprint density at radius 1 is 1.30 bits per heavy atom. The molecule has 2 heterocycles. The van der Waals surface area contributed by atoms with Crippen LogP contribution in [-0.4, -0.2) is 57.6 Å². The molecule has 0 aliphatic carbocycles. The van der Waals surface area contributed by atoms with Crippen molar-refractivity contribution in [1.29, 1.82) is 0 Å². The van der Waals surface area contributed by atoms with Gasteiger partial charge in [0.1, 0.15) is 29.8 Å². The standard InChI is InChI=1S/C23H34N5O8P/c1-14(2)12-33-20(30)15(3)27-37(32,36-16-8-6-5-7-9-16)34-13-17-19(29)23(4,25)21(35-17)28-11-10-18(24)26-22(28)31/h5-11,14-15,17,19,21,29H,12-13,25H2,1-4H3,(H,27,32)(H2,24,26,31). The SMILES string of the molecule is CC(C)COC(=O)C(C)NP(=O)(OCC1OC(n2ccc(N)nc2=O)C(C)(N)C1O)Oc1ccccc1. The molecule has 204 valence electrons. The molecule has 1 saturated heterocycles. The van der Waals surface area contributed by atoms with E-state index < -0.39 is 56.0 Å². The highest BCUT2D eigenvalue weighted by atomic mass is 31.2. The van der Waals surface area contributed by atoms with Gasteiger partial charge in [-0.1, -0.05) is 32.0 Å². The lowest BCUT2D eigenvalue weighted by Gasteiger charge is -2.28. The van der Waals surface area contributed by atoms with Crippen molar-refractivity contribution in [2.45, 2.75) is 57.7 Å². The van der Waals surface area contributed by atoms with E-state index in [1.165, 1.54) is 26.1 Å². The number of carbonyl (C=O) groups excluding carboxylic acids is 1. The molecule has 2 aromatic rings. The number of rotatable bonds is 11. The number of nitrogen functional groups attached to an aromatic ring is 1. The van der Waals surface area contributed by atoms with Crippen molar-refractivity contribution in [2.75, 3.05) is 18.9 Å². The lowest BCUT2D eigenvalue weighted by atomic mass is 9.93. The summed E-state index contributed by atoms with van der Waals surface area (Å²) in [6, 6.07) is 8.57. The van der Waals surface area contributed by atoms with Gasteiger partial charge in [0, 0.05) is 6.20 Å². The Balaban J connectivity index is 1.77. The number of aliphatic hydroxyl groups is 1. The van der Waals surface area contributed by atoms with Gasteiger partial charge in [-0.3, -0.25) is 13.9 Å². The first kappa shape index (κ1) is 28.8. The van der Waals surface area contributed by atoms with E-state index in [2.05, 4.69) is 10.1 Å². The van der Waals surface area contributed by atoms with Crippen LogP contribution >= 0.6 is 7.75 Å². The molecule has 0 saturated carbocycles. The highest BCUT2D eigenvalue weighted by molar-refractivity contribution is 7.52. The third-order valence-corrected chi connectivity index (χ3v) is 7.21. The van der Waals surface area contributed by atoms with Gasteiger partial charge in [0.05, 0.1) is 18.8 Å². The summed E-state index contributed by atoms with van der Waals surface area (Å²) in [6.07, 6.45) is -2.21. The van der Waals surface area contributed by atoms with Crippen LogP contribution in [0.5, 0.6) is 5.75 Å². The van der Waals surface area contributed by atoms with Crippen molar-refractivity contribution in [3.8, 4) is 5.75 Å². The van der Waals surface area contributed by atoms with Crippen molar-refractivity contribution in [3.63, 3.8) is 0 Å². The minimum atomic E-state index is -4.21. The molecule has 0 bridgehead atoms. The summed E-state index contributed by atoms with van der Waals surface area (Å²) in [5.74, 6) is -0.293. The Morgan fingerprint density at radius 2 is 1.97 bits per heavy atom. The number of anilines is 1. The van der Waals surface area contributed by atoms with Gasteiger partial charge >= 0.3 is 19.4 Å². The smallest absolute Gasteiger partial charge is 0.459 e. The molecule has 6 unspecified atom stereocenters. The molecule has 0 spiro atoms. The molecule has 0 amide bonds. The Labute approximate surface area is 214 Å². The lowest BCUT2D eigenvalue weighted by molar-refractivity contribution is -0.146. The molecule has 3 rings (SSSR count). The largest absolute Gasteiger partial charge is 0.464 e. The van der Waals surface area contributed by atoms with E-state index in [0.29, 0.717) is 0 Å². The van der Waals surface area contributed by atoms with Crippen LogP contribution < -0.4 is 26.8 Å². The van der Waals surface area contributed by atoms with Crippen LogP contribution in [0.2, 0.25) is 0 Å². The number of benzene rings is 1. The van der Waals surface area contributed by atoms with Gasteiger partial charge in [0.25, 0.3) is 0 Å². The lowest BCUT2D eigenvalue weighted by Crippen LogP contribution is -2.53. The number of para-hydroxylation sites is 1. The molecule has 14 heteroatoms. The Morgan fingerprint density at radius 3 is 2.59 bits per heavy atom. The van der Waals surface area contributed by atoms with Crippen molar-refractivity contribution in [3.05, 3.63) is 53.1 Å². The molecule has 1 aromatic heterocycles. The normalized spacial score (nSPS) is 26.0. The summed E-state index contributed by atoms with van der Waals surface area (Å²) in [6.45, 7) is 6.47. The average Bonchev–Trinajstić information content (AvgIpc) is 3.05. The van der Waals surface area contributed by atoms with Crippen molar-refractivity contribution >= 4 is 19.5 Å². The van der Waals surface area contributed by atoms with E-state index in [-0.39, 0.29) is 24.1 Å². The number of aromatic nitrogens is 2. The zero-order chi connectivity index (χ0) is 27.4. The summed E-state index contributed by atoms with van der Waals surface area (Å²) < 4.78 is 37.1. The van der Waals surface area contributed by atoms with Gasteiger partial charge in [0.2, 0.25) is 0 Å². The summed E-state index contributed by atoms with van der Waals surface area (Å²) >= 11 is 0. The molecule has 1 fully saturated rings. The van der Waals surface area contributed by atoms with Crippen molar-refractivity contribution in [2.24, 2.45) is 11.7 Å². The summed E-state index contributed by atoms with van der Waals surface area (Å²) in [4.78, 5) is 28.4. The summed E-state index contributed by atoms with van der Waals surface area (Å²) in [5, 5.41) is 13.4. The molecule has 6 N–H and O–H groups in total. The van der Waals surface area contributed by atoms with Gasteiger partial charge in [0.15, 0.2) is 6.23 Å². The second-order valence-electron chi connectivity index (χ2n) is 9.45. The highest BCUT2D eigenvalue weighted by Gasteiger charge is 2.52. The molecule has 1 aromatic carbocycles. The monoisotopic (exact) mass is 539 g/mol. The van der Waals surface area contributed by atoms with Crippen LogP contribution in [0.1, 0.15) is 33.9 Å². The third kappa shape index (κ3) is 7.16. The van der Waals surface area contributed by atoms with E-state index >= 15 is 0 Å². The number of esters is 1. The number of carbonyl (C=O) groups is 1. The van der Waals surface area contributed by atoms with E-state index in [4.69, 9.17) is 30.0 Å². The number of hydrogen-bond donors (Lipinski definition) is 4. The van der Waals surface area contributed by atoms with E-state index in [1.807, 2.05) is 13.8 Å². The van der Waals surface area contributed by atoms with Gasteiger partial charge < -0.3 is 30.6 Å². The molecular formula is C23H34N5O8P. The van der Waals surface area contributed by atoms with Crippen LogP contribution in [0.15, 0.2) is 47.4 Å². The molecule has 6 atom stereocenters. The Kier molecular flexibility index (Phi) is 9.11. The maximum Gasteiger partial charge on any atom is 0.459 e. The fourth-order valence-corrected chi connectivity index (χ4v) is 5.08. The van der Waals surface area contributed by atoms with Gasteiger partial charge in [-0.2, -0.15) is 10.1 Å². The second-order valence-corrected chi connectivity index (χ2v) is 11.1. The number of nitrogens with one attached hydrogen (secondary N) is 1. The summed E-state index contributed by atoms with van der Waals surface area (Å²) in [7, 11) is -4.21. The number of ether oxygens (including phenoxy) is 2. The van der Waals surface area contributed by atoms with E-state index in [0.717, 1.165) is 4.57 Å². The first-order valence-electron chi connectivity index (χ1n) is 11.7. The van der Waals surface area contributed by atoms with E-state index in [9.17, 15) is 19.3 Å². The van der Waals surface area contributed by atoms with Crippen LogP contribution in [0.25, 0.3) is 0 Å².